The number of nitrogens with zero attached hydrogens (tertiary/aromatic N) is 4. The topological polar surface area (TPSA) is 213 Å². The number of rotatable bonds is 8. The highest BCUT2D eigenvalue weighted by molar-refractivity contribution is 5.83. The number of carbonyl (C=O) groups is 2. The first-order valence-corrected chi connectivity index (χ1v) is 9.46. The molecule has 33 heavy (non-hydrogen) atoms. The summed E-state index contributed by atoms with van der Waals surface area (Å²) in [6.45, 7) is -1.93. The smallest absolute Gasteiger partial charge is 0.394 e. The number of hydrogen-bond acceptors (Lipinski definition) is 11. The SMILES string of the molecule is Nc1nc(N)c2ncn([C@@H]3O[C@H](CO)C(O)[C@@H]3OCC(=O)NCCNC(=O)C(F)(F)F)c2n1. The van der Waals surface area contributed by atoms with Crippen LogP contribution in [0.15, 0.2) is 6.33 Å². The molecule has 1 aliphatic heterocycles. The fourth-order valence-electron chi connectivity index (χ4n) is 3.12. The van der Waals surface area contributed by atoms with Gasteiger partial charge in [0.2, 0.25) is 11.9 Å². The molecule has 1 saturated heterocycles. The first-order chi connectivity index (χ1) is 15.5. The number of imidazole rings is 1. The molecule has 0 aromatic carbocycles. The van der Waals surface area contributed by atoms with Crippen molar-refractivity contribution in [2.75, 3.05) is 37.8 Å². The largest absolute Gasteiger partial charge is 0.471 e. The number of ether oxygens (including phenoxy) is 2. The molecule has 0 aliphatic carbocycles. The Bertz CT molecular complexity index is 1020. The van der Waals surface area contributed by atoms with Gasteiger partial charge in [0.05, 0.1) is 12.9 Å². The molecule has 17 heteroatoms. The van der Waals surface area contributed by atoms with E-state index in [2.05, 4.69) is 20.3 Å². The Morgan fingerprint density at radius 1 is 1.24 bits per heavy atom. The lowest BCUT2D eigenvalue weighted by Crippen LogP contribution is -2.42. The third-order valence-corrected chi connectivity index (χ3v) is 4.63. The summed E-state index contributed by atoms with van der Waals surface area (Å²) in [5.74, 6) is -3.01. The van der Waals surface area contributed by atoms with Gasteiger partial charge in [0, 0.05) is 13.1 Å². The molecule has 0 radical (unpaired) electrons. The quantitative estimate of drug-likeness (QED) is 0.217. The van der Waals surface area contributed by atoms with Crippen molar-refractivity contribution in [1.29, 1.82) is 0 Å². The lowest BCUT2D eigenvalue weighted by Gasteiger charge is -2.22. The zero-order chi connectivity index (χ0) is 24.3. The molecule has 3 rings (SSSR count). The number of nitrogen functional groups attached to an aromatic ring is 2. The van der Waals surface area contributed by atoms with Crippen molar-refractivity contribution in [1.82, 2.24) is 30.2 Å². The second-order valence-electron chi connectivity index (χ2n) is 6.91. The van der Waals surface area contributed by atoms with Gasteiger partial charge in [-0.15, -0.1) is 0 Å². The van der Waals surface area contributed by atoms with Gasteiger partial charge < -0.3 is 41.8 Å². The summed E-state index contributed by atoms with van der Waals surface area (Å²) >= 11 is 0. The number of nitrogens with two attached hydrogens (primary N) is 2. The molecule has 1 unspecified atom stereocenters. The summed E-state index contributed by atoms with van der Waals surface area (Å²) in [7, 11) is 0. The van der Waals surface area contributed by atoms with Crippen molar-refractivity contribution in [3.05, 3.63) is 6.33 Å². The summed E-state index contributed by atoms with van der Waals surface area (Å²) in [5, 5.41) is 23.8. The van der Waals surface area contributed by atoms with E-state index < -0.39 is 62.3 Å². The summed E-state index contributed by atoms with van der Waals surface area (Å²) < 4.78 is 48.8. The number of hydrogen-bond donors (Lipinski definition) is 6. The van der Waals surface area contributed by atoms with Crippen molar-refractivity contribution in [2.45, 2.75) is 30.7 Å². The highest BCUT2D eigenvalue weighted by Crippen LogP contribution is 2.34. The monoisotopic (exact) mass is 478 g/mol. The number of halogens is 3. The standard InChI is InChI=1S/C16H21F3N8O6/c17-16(18,19)14(31)23-2-1-22-7(29)4-32-10-9(30)6(3-28)33-13(10)27-5-24-8-11(20)25-15(21)26-12(8)27/h5-6,9-10,13,28,30H,1-4H2,(H,22,29)(H,23,31)(H4,20,21,25,26)/t6-,9?,10+,13-/m1/s1. The Labute approximate surface area is 183 Å². The van der Waals surface area contributed by atoms with Gasteiger partial charge in [-0.3, -0.25) is 14.2 Å². The van der Waals surface area contributed by atoms with E-state index in [1.807, 2.05) is 0 Å². The molecule has 182 valence electrons. The zero-order valence-corrected chi connectivity index (χ0v) is 16.8. The molecule has 2 aromatic rings. The van der Waals surface area contributed by atoms with Crippen LogP contribution in [0.3, 0.4) is 0 Å². The van der Waals surface area contributed by atoms with Crippen LogP contribution in [-0.4, -0.2) is 92.3 Å². The molecule has 2 aromatic heterocycles. The molecule has 4 atom stereocenters. The van der Waals surface area contributed by atoms with Gasteiger partial charge in [-0.05, 0) is 0 Å². The van der Waals surface area contributed by atoms with Crippen LogP contribution in [-0.2, 0) is 19.1 Å². The maximum Gasteiger partial charge on any atom is 0.471 e. The summed E-state index contributed by atoms with van der Waals surface area (Å²) in [6, 6.07) is 0. The van der Waals surface area contributed by atoms with Crippen LogP contribution in [0.4, 0.5) is 24.9 Å². The van der Waals surface area contributed by atoms with E-state index in [1.54, 1.807) is 5.32 Å². The number of alkyl halides is 3. The van der Waals surface area contributed by atoms with Gasteiger partial charge in [-0.25, -0.2) is 4.98 Å². The normalized spacial score (nSPS) is 23.1. The number of aromatic nitrogens is 4. The number of nitrogens with one attached hydrogen (secondary N) is 2. The minimum Gasteiger partial charge on any atom is -0.394 e. The summed E-state index contributed by atoms with van der Waals surface area (Å²) in [4.78, 5) is 34.6. The van der Waals surface area contributed by atoms with E-state index in [1.165, 1.54) is 10.9 Å². The van der Waals surface area contributed by atoms with Gasteiger partial charge >= 0.3 is 12.1 Å². The first kappa shape index (κ1) is 24.4. The van der Waals surface area contributed by atoms with E-state index in [-0.39, 0.29) is 29.5 Å². The minimum absolute atomic E-state index is 0.00274. The Kier molecular flexibility index (Phi) is 7.15. The van der Waals surface area contributed by atoms with Gasteiger partial charge in [0.25, 0.3) is 0 Å². The van der Waals surface area contributed by atoms with Crippen LogP contribution in [0, 0.1) is 0 Å². The van der Waals surface area contributed by atoms with Gasteiger partial charge in [0.1, 0.15) is 30.4 Å². The van der Waals surface area contributed by atoms with E-state index in [0.29, 0.717) is 0 Å². The molecule has 8 N–H and O–H groups in total. The van der Waals surface area contributed by atoms with Crippen LogP contribution < -0.4 is 22.1 Å². The predicted molar refractivity (Wildman–Crippen MR) is 103 cm³/mol. The summed E-state index contributed by atoms with van der Waals surface area (Å²) in [6.07, 6.45) is -8.42. The maximum atomic E-state index is 12.1. The van der Waals surface area contributed by atoms with Crippen LogP contribution in [0.25, 0.3) is 11.2 Å². The Balaban J connectivity index is 1.63. The molecule has 1 fully saturated rings. The number of anilines is 2. The lowest BCUT2D eigenvalue weighted by atomic mass is 10.1. The Hall–Kier alpha value is -3.28. The van der Waals surface area contributed by atoms with Crippen molar-refractivity contribution >= 4 is 34.7 Å². The number of aliphatic hydroxyl groups is 2. The maximum absolute atomic E-state index is 12.1. The first-order valence-electron chi connectivity index (χ1n) is 9.46. The fraction of sp³-hybridized carbons (Fsp3) is 0.562. The van der Waals surface area contributed by atoms with Crippen LogP contribution in [0.5, 0.6) is 0 Å². The Morgan fingerprint density at radius 3 is 2.61 bits per heavy atom. The second kappa shape index (κ2) is 9.69. The van der Waals surface area contributed by atoms with E-state index in [9.17, 15) is 33.0 Å². The van der Waals surface area contributed by atoms with Crippen molar-refractivity contribution < 1.29 is 42.4 Å². The van der Waals surface area contributed by atoms with Gasteiger partial charge in [0.15, 0.2) is 17.7 Å². The second-order valence-corrected chi connectivity index (χ2v) is 6.91. The molecular formula is C16H21F3N8O6. The average Bonchev–Trinajstić information content (AvgIpc) is 3.29. The summed E-state index contributed by atoms with van der Waals surface area (Å²) in [5.41, 5.74) is 11.8. The van der Waals surface area contributed by atoms with Crippen LogP contribution >= 0.6 is 0 Å². The molecule has 2 amide bonds. The predicted octanol–water partition coefficient (Wildman–Crippen LogP) is -2.58. The molecular weight excluding hydrogens is 457 g/mol. The van der Waals surface area contributed by atoms with Crippen LogP contribution in [0.2, 0.25) is 0 Å². The molecule has 0 spiro atoms. The lowest BCUT2D eigenvalue weighted by molar-refractivity contribution is -0.173. The number of amides is 2. The average molecular weight is 478 g/mol. The Morgan fingerprint density at radius 2 is 1.94 bits per heavy atom. The van der Waals surface area contributed by atoms with E-state index in [0.717, 1.165) is 0 Å². The molecule has 0 bridgehead atoms. The van der Waals surface area contributed by atoms with Crippen molar-refractivity contribution in [3.8, 4) is 0 Å². The number of carbonyl (C=O) groups excluding carboxylic acids is 2. The molecule has 3 heterocycles. The number of aliphatic hydroxyl groups excluding tert-OH is 2. The van der Waals surface area contributed by atoms with Gasteiger partial charge in [-0.1, -0.05) is 0 Å². The fourth-order valence-corrected chi connectivity index (χ4v) is 3.12. The highest BCUT2D eigenvalue weighted by atomic mass is 19.4. The zero-order valence-electron chi connectivity index (χ0n) is 16.8. The molecule has 14 nitrogen and oxygen atoms in total. The minimum atomic E-state index is -5.03. The van der Waals surface area contributed by atoms with E-state index in [4.69, 9.17) is 20.9 Å². The number of fused-ring (bicyclic) bond motifs is 1. The third-order valence-electron chi connectivity index (χ3n) is 4.63. The van der Waals surface area contributed by atoms with Crippen molar-refractivity contribution in [2.24, 2.45) is 0 Å². The van der Waals surface area contributed by atoms with E-state index >= 15 is 0 Å². The third kappa shape index (κ3) is 5.38. The molecule has 0 saturated carbocycles. The molecule has 1 aliphatic rings. The van der Waals surface area contributed by atoms with Gasteiger partial charge in [-0.2, -0.15) is 23.1 Å². The van der Waals surface area contributed by atoms with Crippen LogP contribution in [0.1, 0.15) is 6.23 Å². The van der Waals surface area contributed by atoms with Crippen molar-refractivity contribution in [3.63, 3.8) is 0 Å². The highest BCUT2D eigenvalue weighted by Gasteiger charge is 2.46.